The summed E-state index contributed by atoms with van der Waals surface area (Å²) in [6.45, 7) is 2.10. The van der Waals surface area contributed by atoms with E-state index in [0.29, 0.717) is 10.9 Å². The molecule has 106 valence electrons. The molecule has 0 unspecified atom stereocenters. The molecule has 0 spiro atoms. The Bertz CT molecular complexity index is 522. The second-order valence-corrected chi connectivity index (χ2v) is 7.64. The van der Waals surface area contributed by atoms with E-state index in [-0.39, 0.29) is 6.10 Å². The Morgan fingerprint density at radius 2 is 1.60 bits per heavy atom. The van der Waals surface area contributed by atoms with Crippen LogP contribution in [0.25, 0.3) is 0 Å². The van der Waals surface area contributed by atoms with Gasteiger partial charge in [0.2, 0.25) is 0 Å². The van der Waals surface area contributed by atoms with Crippen LogP contribution in [0, 0.1) is 6.92 Å². The number of ether oxygens (including phenoxy) is 1. The number of hydrogen-bond donors (Lipinski definition) is 0. The van der Waals surface area contributed by atoms with Crippen LogP contribution in [0.15, 0.2) is 54.6 Å². The van der Waals surface area contributed by atoms with E-state index >= 15 is 0 Å². The first-order valence-corrected chi connectivity index (χ1v) is 9.19. The number of benzene rings is 2. The molecule has 0 saturated carbocycles. The van der Waals surface area contributed by atoms with Gasteiger partial charge in [0, 0.05) is 6.42 Å². The smallest absolute Gasteiger partial charge is 0.128 e. The molecule has 0 aromatic heterocycles. The third kappa shape index (κ3) is 4.31. The van der Waals surface area contributed by atoms with Gasteiger partial charge in [0.15, 0.2) is 0 Å². The Labute approximate surface area is 125 Å². The second-order valence-electron chi connectivity index (χ2n) is 5.26. The van der Waals surface area contributed by atoms with Crippen LogP contribution in [0.1, 0.15) is 23.7 Å². The quantitative estimate of drug-likeness (QED) is 0.716. The highest BCUT2D eigenvalue weighted by molar-refractivity contribution is 7.95. The van der Waals surface area contributed by atoms with Crippen molar-refractivity contribution >= 4 is 10.9 Å². The molecule has 2 rings (SSSR count). The Kier molecular flexibility index (Phi) is 5.54. The van der Waals surface area contributed by atoms with Crippen molar-refractivity contribution in [2.24, 2.45) is 0 Å². The van der Waals surface area contributed by atoms with Gasteiger partial charge in [0.25, 0.3) is 0 Å². The van der Waals surface area contributed by atoms with Crippen LogP contribution >= 0.6 is 0 Å². The van der Waals surface area contributed by atoms with Crippen molar-refractivity contribution in [2.45, 2.75) is 19.4 Å². The molecule has 0 amide bonds. The van der Waals surface area contributed by atoms with Crippen molar-refractivity contribution in [2.75, 3.05) is 18.3 Å². The van der Waals surface area contributed by atoms with Gasteiger partial charge in [-0.1, -0.05) is 48.5 Å². The fourth-order valence-electron chi connectivity index (χ4n) is 2.15. The SMILES string of the molecule is Cc1ccccc1O[C@H](CC[S+](C)C)c1ccccc1. The molecule has 0 aliphatic rings. The van der Waals surface area contributed by atoms with E-state index in [2.05, 4.69) is 68.0 Å². The summed E-state index contributed by atoms with van der Waals surface area (Å²) in [5, 5.41) is 0. The minimum absolute atomic E-state index is 0.146. The van der Waals surface area contributed by atoms with Crippen LogP contribution < -0.4 is 4.74 Å². The topological polar surface area (TPSA) is 9.23 Å². The van der Waals surface area contributed by atoms with E-state index in [1.165, 1.54) is 16.9 Å². The maximum Gasteiger partial charge on any atom is 0.128 e. The predicted octanol–water partition coefficient (Wildman–Crippen LogP) is 4.38. The lowest BCUT2D eigenvalue weighted by Gasteiger charge is -2.20. The van der Waals surface area contributed by atoms with Crippen LogP contribution in [0.3, 0.4) is 0 Å². The Hall–Kier alpha value is -1.41. The van der Waals surface area contributed by atoms with Gasteiger partial charge in [-0.2, -0.15) is 0 Å². The maximum atomic E-state index is 6.29. The first-order valence-electron chi connectivity index (χ1n) is 6.98. The monoisotopic (exact) mass is 287 g/mol. The molecule has 20 heavy (non-hydrogen) atoms. The Morgan fingerprint density at radius 1 is 0.950 bits per heavy atom. The van der Waals surface area contributed by atoms with Crippen molar-refractivity contribution in [1.29, 1.82) is 0 Å². The summed E-state index contributed by atoms with van der Waals surface area (Å²) in [7, 11) is 0.447. The number of hydrogen-bond acceptors (Lipinski definition) is 1. The average Bonchev–Trinajstić information content (AvgIpc) is 2.46. The van der Waals surface area contributed by atoms with Crippen molar-refractivity contribution < 1.29 is 4.74 Å². The fourth-order valence-corrected chi connectivity index (χ4v) is 2.83. The standard InChI is InChI=1S/C18H23OS/c1-15-9-7-8-12-17(15)19-18(13-14-20(2)3)16-10-5-4-6-11-16/h4-12,18H,13-14H2,1-3H3/q+1/t18-/m1/s1. The van der Waals surface area contributed by atoms with Crippen molar-refractivity contribution in [3.8, 4) is 5.75 Å². The van der Waals surface area contributed by atoms with Gasteiger partial charge in [0.1, 0.15) is 17.6 Å². The molecule has 0 radical (unpaired) electrons. The third-order valence-electron chi connectivity index (χ3n) is 3.32. The van der Waals surface area contributed by atoms with Crippen LogP contribution in [-0.2, 0) is 10.9 Å². The van der Waals surface area contributed by atoms with Gasteiger partial charge in [-0.3, -0.25) is 0 Å². The number of aryl methyl sites for hydroxylation is 1. The average molecular weight is 287 g/mol. The lowest BCUT2D eigenvalue weighted by atomic mass is 10.1. The summed E-state index contributed by atoms with van der Waals surface area (Å²) in [4.78, 5) is 0. The summed E-state index contributed by atoms with van der Waals surface area (Å²) < 4.78 is 6.29. The molecule has 1 nitrogen and oxygen atoms in total. The molecule has 2 aromatic carbocycles. The van der Waals surface area contributed by atoms with Gasteiger partial charge >= 0.3 is 0 Å². The van der Waals surface area contributed by atoms with E-state index in [1.54, 1.807) is 0 Å². The summed E-state index contributed by atoms with van der Waals surface area (Å²) >= 11 is 0. The highest BCUT2D eigenvalue weighted by Gasteiger charge is 2.17. The molecule has 2 heteroatoms. The predicted molar refractivity (Wildman–Crippen MR) is 89.7 cm³/mol. The molecule has 0 aliphatic carbocycles. The molecule has 2 aromatic rings. The lowest BCUT2D eigenvalue weighted by molar-refractivity contribution is 0.201. The second kappa shape index (κ2) is 7.39. The molecule has 0 aliphatic heterocycles. The Balaban J connectivity index is 2.16. The van der Waals surface area contributed by atoms with Crippen molar-refractivity contribution in [1.82, 2.24) is 0 Å². The van der Waals surface area contributed by atoms with Gasteiger partial charge in [0.05, 0.1) is 12.5 Å². The van der Waals surface area contributed by atoms with Gasteiger partial charge in [-0.05, 0) is 35.0 Å². The molecular formula is C18H23OS+. The van der Waals surface area contributed by atoms with Crippen molar-refractivity contribution in [3.63, 3.8) is 0 Å². The normalized spacial score (nSPS) is 12.4. The van der Waals surface area contributed by atoms with E-state index in [0.717, 1.165) is 12.2 Å². The van der Waals surface area contributed by atoms with Gasteiger partial charge < -0.3 is 4.74 Å². The first kappa shape index (κ1) is 15.0. The van der Waals surface area contributed by atoms with Gasteiger partial charge in [-0.25, -0.2) is 0 Å². The van der Waals surface area contributed by atoms with Crippen LogP contribution in [-0.4, -0.2) is 18.3 Å². The van der Waals surface area contributed by atoms with Gasteiger partial charge in [-0.15, -0.1) is 0 Å². The molecule has 1 atom stereocenters. The number of rotatable bonds is 6. The summed E-state index contributed by atoms with van der Waals surface area (Å²) in [5.74, 6) is 2.19. The molecule has 0 saturated heterocycles. The minimum atomic E-state index is 0.146. The van der Waals surface area contributed by atoms with Crippen LogP contribution in [0.5, 0.6) is 5.75 Å². The van der Waals surface area contributed by atoms with Crippen molar-refractivity contribution in [3.05, 3.63) is 65.7 Å². The van der Waals surface area contributed by atoms with E-state index in [4.69, 9.17) is 4.74 Å². The van der Waals surface area contributed by atoms with E-state index < -0.39 is 0 Å². The fraction of sp³-hybridized carbons (Fsp3) is 0.333. The van der Waals surface area contributed by atoms with Crippen LogP contribution in [0.2, 0.25) is 0 Å². The molecular weight excluding hydrogens is 264 g/mol. The highest BCUT2D eigenvalue weighted by atomic mass is 32.2. The maximum absolute atomic E-state index is 6.29. The molecule has 0 bridgehead atoms. The molecule has 0 N–H and O–H groups in total. The zero-order valence-electron chi connectivity index (χ0n) is 12.5. The summed E-state index contributed by atoms with van der Waals surface area (Å²) in [6, 6.07) is 18.8. The summed E-state index contributed by atoms with van der Waals surface area (Å²) in [5.41, 5.74) is 2.46. The zero-order valence-corrected chi connectivity index (χ0v) is 13.3. The summed E-state index contributed by atoms with van der Waals surface area (Å²) in [6.07, 6.45) is 5.78. The van der Waals surface area contributed by atoms with Crippen LogP contribution in [0.4, 0.5) is 0 Å². The minimum Gasteiger partial charge on any atom is -0.485 e. The third-order valence-corrected chi connectivity index (χ3v) is 4.37. The largest absolute Gasteiger partial charge is 0.485 e. The first-order chi connectivity index (χ1) is 9.66. The molecule has 0 fully saturated rings. The van der Waals surface area contributed by atoms with E-state index in [9.17, 15) is 0 Å². The highest BCUT2D eigenvalue weighted by Crippen LogP contribution is 2.27. The number of para-hydroxylation sites is 1. The molecule has 0 heterocycles. The zero-order chi connectivity index (χ0) is 14.4. The lowest BCUT2D eigenvalue weighted by Crippen LogP contribution is -2.13. The Morgan fingerprint density at radius 3 is 2.25 bits per heavy atom. The van der Waals surface area contributed by atoms with E-state index in [1.807, 2.05) is 6.07 Å².